The van der Waals surface area contributed by atoms with E-state index in [4.69, 9.17) is 11.6 Å². The van der Waals surface area contributed by atoms with Crippen molar-refractivity contribution in [2.75, 3.05) is 5.32 Å². The highest BCUT2D eigenvalue weighted by atomic mass is 35.5. The number of benzene rings is 1. The Bertz CT molecular complexity index is 597. The molecule has 0 radical (unpaired) electrons. The van der Waals surface area contributed by atoms with Crippen LogP contribution in [0.3, 0.4) is 0 Å². The smallest absolute Gasteiger partial charge is 0.160 e. The zero-order valence-corrected chi connectivity index (χ0v) is 10.9. The highest BCUT2D eigenvalue weighted by Gasteiger charge is 2.25. The van der Waals surface area contributed by atoms with Gasteiger partial charge in [-0.05, 0) is 36.6 Å². The summed E-state index contributed by atoms with van der Waals surface area (Å²) in [5.41, 5.74) is 1.77. The molecule has 0 saturated carbocycles. The van der Waals surface area contributed by atoms with Crippen molar-refractivity contribution in [1.82, 2.24) is 0 Å². The number of hydrogen-bond donors (Lipinski definition) is 1. The van der Waals surface area contributed by atoms with Crippen molar-refractivity contribution < 1.29 is 8.78 Å². The normalized spacial score (nSPS) is 17.8. The van der Waals surface area contributed by atoms with Crippen molar-refractivity contribution in [2.24, 2.45) is 0 Å². The molecule has 1 atom stereocenters. The summed E-state index contributed by atoms with van der Waals surface area (Å²) in [4.78, 5) is 1.28. The minimum Gasteiger partial charge on any atom is -0.378 e. The van der Waals surface area contributed by atoms with Gasteiger partial charge in [0, 0.05) is 16.6 Å². The van der Waals surface area contributed by atoms with Crippen LogP contribution in [0.4, 0.5) is 14.5 Å². The van der Waals surface area contributed by atoms with Crippen LogP contribution in [0.25, 0.3) is 0 Å². The third-order valence-electron chi connectivity index (χ3n) is 3.11. The molecule has 0 fully saturated rings. The predicted octanol–water partition coefficient (Wildman–Crippen LogP) is 4.78. The fourth-order valence-electron chi connectivity index (χ4n) is 2.27. The molecule has 1 aromatic carbocycles. The van der Waals surface area contributed by atoms with Gasteiger partial charge in [0.1, 0.15) is 0 Å². The van der Waals surface area contributed by atoms with Crippen molar-refractivity contribution in [1.29, 1.82) is 0 Å². The van der Waals surface area contributed by atoms with Gasteiger partial charge < -0.3 is 5.32 Å². The van der Waals surface area contributed by atoms with Crippen molar-refractivity contribution in [3.05, 3.63) is 50.7 Å². The zero-order chi connectivity index (χ0) is 12.7. The number of nitrogens with one attached hydrogen (secondary N) is 1. The van der Waals surface area contributed by atoms with E-state index in [0.29, 0.717) is 5.69 Å². The van der Waals surface area contributed by atoms with E-state index < -0.39 is 11.6 Å². The first kappa shape index (κ1) is 11.9. The Morgan fingerprint density at radius 1 is 1.22 bits per heavy atom. The molecule has 0 amide bonds. The summed E-state index contributed by atoms with van der Waals surface area (Å²) in [7, 11) is 0. The van der Waals surface area contributed by atoms with Gasteiger partial charge in [-0.1, -0.05) is 11.6 Å². The molecule has 1 aliphatic carbocycles. The summed E-state index contributed by atoms with van der Waals surface area (Å²) in [6.45, 7) is 0. The quantitative estimate of drug-likeness (QED) is 0.837. The fourth-order valence-corrected chi connectivity index (χ4v) is 3.62. The standard InChI is InChI=1S/C13H10ClF2NS/c14-13-6-8-11(3-4-12(8)18-13)17-7-1-2-9(15)10(16)5-7/h1-2,5-6,11,17H,3-4H2. The number of thiophene rings is 1. The Balaban J connectivity index is 1.83. The Labute approximate surface area is 112 Å². The van der Waals surface area contributed by atoms with Gasteiger partial charge in [-0.15, -0.1) is 11.3 Å². The van der Waals surface area contributed by atoms with Gasteiger partial charge >= 0.3 is 0 Å². The molecule has 0 aliphatic heterocycles. The van der Waals surface area contributed by atoms with E-state index in [-0.39, 0.29) is 6.04 Å². The summed E-state index contributed by atoms with van der Waals surface area (Å²) < 4.78 is 26.7. The molecule has 18 heavy (non-hydrogen) atoms. The lowest BCUT2D eigenvalue weighted by molar-refractivity contribution is 0.509. The van der Waals surface area contributed by atoms with Crippen molar-refractivity contribution in [2.45, 2.75) is 18.9 Å². The minimum atomic E-state index is -0.832. The minimum absolute atomic E-state index is 0.133. The first-order valence-electron chi connectivity index (χ1n) is 5.63. The molecule has 5 heteroatoms. The molecule has 94 valence electrons. The molecule has 1 nitrogen and oxygen atoms in total. The number of halogens is 3. The van der Waals surface area contributed by atoms with Gasteiger partial charge in [0.15, 0.2) is 11.6 Å². The Kier molecular flexibility index (Phi) is 2.99. The predicted molar refractivity (Wildman–Crippen MR) is 70.4 cm³/mol. The fraction of sp³-hybridized carbons (Fsp3) is 0.231. The average molecular weight is 286 g/mol. The molecular formula is C13H10ClF2NS. The molecule has 0 bridgehead atoms. The van der Waals surface area contributed by atoms with Crippen molar-refractivity contribution >= 4 is 28.6 Å². The highest BCUT2D eigenvalue weighted by Crippen LogP contribution is 2.40. The summed E-state index contributed by atoms with van der Waals surface area (Å²) in [5.74, 6) is -1.66. The molecule has 1 heterocycles. The second kappa shape index (κ2) is 4.52. The maximum atomic E-state index is 13.1. The van der Waals surface area contributed by atoms with E-state index in [9.17, 15) is 8.78 Å². The van der Waals surface area contributed by atoms with E-state index in [1.165, 1.54) is 16.5 Å². The van der Waals surface area contributed by atoms with Crippen LogP contribution in [0, 0.1) is 11.6 Å². The molecular weight excluding hydrogens is 276 g/mol. The van der Waals surface area contributed by atoms with Crippen LogP contribution in [0.15, 0.2) is 24.3 Å². The average Bonchev–Trinajstić information content (AvgIpc) is 2.85. The maximum Gasteiger partial charge on any atom is 0.160 e. The molecule has 1 N–H and O–H groups in total. The second-order valence-corrected chi connectivity index (χ2v) is 6.06. The number of anilines is 1. The summed E-state index contributed by atoms with van der Waals surface area (Å²) in [6.07, 6.45) is 1.94. The van der Waals surface area contributed by atoms with Crippen LogP contribution in [0.2, 0.25) is 4.34 Å². The first-order valence-corrected chi connectivity index (χ1v) is 6.82. The SMILES string of the molecule is Fc1ccc(NC2CCc3sc(Cl)cc32)cc1F. The number of hydrogen-bond acceptors (Lipinski definition) is 2. The molecule has 0 spiro atoms. The lowest BCUT2D eigenvalue weighted by Gasteiger charge is -2.14. The van der Waals surface area contributed by atoms with E-state index in [2.05, 4.69) is 5.32 Å². The van der Waals surface area contributed by atoms with E-state index >= 15 is 0 Å². The molecule has 1 aliphatic rings. The zero-order valence-electron chi connectivity index (χ0n) is 9.34. The van der Waals surface area contributed by atoms with E-state index in [0.717, 1.165) is 23.2 Å². The third-order valence-corrected chi connectivity index (χ3v) is 4.45. The van der Waals surface area contributed by atoms with Crippen LogP contribution in [0.1, 0.15) is 22.9 Å². The van der Waals surface area contributed by atoms with Gasteiger partial charge in [0.25, 0.3) is 0 Å². The number of rotatable bonds is 2. The Morgan fingerprint density at radius 3 is 2.83 bits per heavy atom. The molecule has 2 aromatic rings. The van der Waals surface area contributed by atoms with E-state index in [1.807, 2.05) is 6.07 Å². The van der Waals surface area contributed by atoms with Crippen molar-refractivity contribution in [3.8, 4) is 0 Å². The Morgan fingerprint density at radius 2 is 2.06 bits per heavy atom. The van der Waals surface area contributed by atoms with Gasteiger partial charge in [-0.3, -0.25) is 0 Å². The van der Waals surface area contributed by atoms with Gasteiger partial charge in [0.2, 0.25) is 0 Å². The summed E-state index contributed by atoms with van der Waals surface area (Å²) in [5, 5.41) is 3.22. The molecule has 3 rings (SSSR count). The van der Waals surface area contributed by atoms with Crippen LogP contribution in [0.5, 0.6) is 0 Å². The van der Waals surface area contributed by atoms with Gasteiger partial charge in [-0.2, -0.15) is 0 Å². The second-order valence-electron chi connectivity index (χ2n) is 4.29. The van der Waals surface area contributed by atoms with Crippen LogP contribution in [-0.2, 0) is 6.42 Å². The lowest BCUT2D eigenvalue weighted by atomic mass is 10.1. The first-order chi connectivity index (χ1) is 8.63. The maximum absolute atomic E-state index is 13.1. The molecule has 0 saturated heterocycles. The summed E-state index contributed by atoms with van der Waals surface area (Å²) in [6, 6.07) is 5.94. The van der Waals surface area contributed by atoms with Gasteiger partial charge in [0.05, 0.1) is 10.4 Å². The Hall–Kier alpha value is -1.13. The monoisotopic (exact) mass is 285 g/mol. The van der Waals surface area contributed by atoms with Crippen LogP contribution >= 0.6 is 22.9 Å². The largest absolute Gasteiger partial charge is 0.378 e. The van der Waals surface area contributed by atoms with E-state index in [1.54, 1.807) is 17.4 Å². The lowest BCUT2D eigenvalue weighted by Crippen LogP contribution is -2.07. The number of aryl methyl sites for hydroxylation is 1. The van der Waals surface area contributed by atoms with Crippen LogP contribution < -0.4 is 5.32 Å². The third kappa shape index (κ3) is 2.10. The van der Waals surface area contributed by atoms with Crippen molar-refractivity contribution in [3.63, 3.8) is 0 Å². The molecule has 1 unspecified atom stereocenters. The number of fused-ring (bicyclic) bond motifs is 1. The van der Waals surface area contributed by atoms with Gasteiger partial charge in [-0.25, -0.2) is 8.78 Å². The molecule has 1 aromatic heterocycles. The summed E-state index contributed by atoms with van der Waals surface area (Å²) >= 11 is 7.56. The van der Waals surface area contributed by atoms with Crippen LogP contribution in [-0.4, -0.2) is 0 Å². The topological polar surface area (TPSA) is 12.0 Å². The highest BCUT2D eigenvalue weighted by molar-refractivity contribution is 7.16.